The number of hydrogen-bond acceptors (Lipinski definition) is 5. The van der Waals surface area contributed by atoms with Gasteiger partial charge in [-0.3, -0.25) is 14.4 Å². The number of anilines is 1. The number of carbonyl (C=O) groups is 1. The zero-order chi connectivity index (χ0) is 19.6. The normalized spacial score (nSPS) is 20.1. The van der Waals surface area contributed by atoms with Crippen molar-refractivity contribution >= 4 is 33.0 Å². The SMILES string of the molecule is C[C@@H]1c2sccc2CN(C)[C@H]1CCNC(=O)c1ccc(NS(C)(=O)=O)cc1. The lowest BCUT2D eigenvalue weighted by Gasteiger charge is -2.37. The van der Waals surface area contributed by atoms with Gasteiger partial charge in [-0.15, -0.1) is 11.3 Å². The van der Waals surface area contributed by atoms with Gasteiger partial charge in [-0.05, 0) is 54.7 Å². The molecule has 1 aromatic heterocycles. The van der Waals surface area contributed by atoms with Crippen LogP contribution < -0.4 is 10.0 Å². The van der Waals surface area contributed by atoms with Crippen LogP contribution in [0.25, 0.3) is 0 Å². The Morgan fingerprint density at radius 3 is 2.63 bits per heavy atom. The second-order valence-corrected chi connectivity index (χ2v) is 9.77. The number of carbonyl (C=O) groups excluding carboxylic acids is 1. The van der Waals surface area contributed by atoms with Crippen molar-refractivity contribution in [1.29, 1.82) is 0 Å². The minimum atomic E-state index is -3.32. The van der Waals surface area contributed by atoms with Crippen LogP contribution in [0.2, 0.25) is 0 Å². The third-order valence-electron chi connectivity index (χ3n) is 4.93. The fourth-order valence-corrected chi connectivity index (χ4v) is 5.23. The number of rotatable bonds is 6. The standard InChI is InChI=1S/C19H25N3O3S2/c1-13-17(22(2)12-15-9-11-26-18(13)15)8-10-20-19(23)14-4-6-16(7-5-14)21-27(3,24)25/h4-7,9,11,13,17,21H,8,10,12H2,1-3H3,(H,20,23)/t13-,17-/m0/s1. The number of nitrogens with one attached hydrogen (secondary N) is 2. The predicted octanol–water partition coefficient (Wildman–Crippen LogP) is 2.86. The molecule has 1 amide bonds. The van der Waals surface area contributed by atoms with E-state index in [4.69, 9.17) is 0 Å². The lowest BCUT2D eigenvalue weighted by atomic mass is 9.89. The molecule has 0 fully saturated rings. The molecule has 0 unspecified atom stereocenters. The van der Waals surface area contributed by atoms with Crippen LogP contribution in [0.3, 0.4) is 0 Å². The van der Waals surface area contributed by atoms with Gasteiger partial charge in [0.15, 0.2) is 0 Å². The van der Waals surface area contributed by atoms with E-state index in [0.717, 1.165) is 19.2 Å². The van der Waals surface area contributed by atoms with Crippen LogP contribution in [0.1, 0.15) is 40.1 Å². The highest BCUT2D eigenvalue weighted by Crippen LogP contribution is 2.37. The third-order valence-corrected chi connectivity index (χ3v) is 6.70. The molecule has 1 aliphatic heterocycles. The first-order valence-electron chi connectivity index (χ1n) is 8.87. The number of likely N-dealkylation sites (N-methyl/N-ethyl adjacent to an activating group) is 1. The number of sulfonamides is 1. The van der Waals surface area contributed by atoms with Crippen molar-refractivity contribution in [2.75, 3.05) is 24.6 Å². The molecule has 0 spiro atoms. The van der Waals surface area contributed by atoms with E-state index in [9.17, 15) is 13.2 Å². The molecule has 1 aromatic carbocycles. The molecule has 3 rings (SSSR count). The maximum atomic E-state index is 12.3. The Hall–Kier alpha value is -1.90. The third kappa shape index (κ3) is 4.88. The highest BCUT2D eigenvalue weighted by molar-refractivity contribution is 7.92. The van der Waals surface area contributed by atoms with Crippen LogP contribution in [-0.2, 0) is 16.6 Å². The summed E-state index contributed by atoms with van der Waals surface area (Å²) in [5, 5.41) is 5.13. The Morgan fingerprint density at radius 2 is 1.96 bits per heavy atom. The van der Waals surface area contributed by atoms with Gasteiger partial charge >= 0.3 is 0 Å². The zero-order valence-electron chi connectivity index (χ0n) is 15.7. The quantitative estimate of drug-likeness (QED) is 0.772. The lowest BCUT2D eigenvalue weighted by molar-refractivity contribution is 0.0945. The highest BCUT2D eigenvalue weighted by Gasteiger charge is 2.30. The summed E-state index contributed by atoms with van der Waals surface area (Å²) < 4.78 is 24.8. The number of hydrogen-bond donors (Lipinski definition) is 2. The topological polar surface area (TPSA) is 78.5 Å². The van der Waals surface area contributed by atoms with Gasteiger partial charge in [-0.2, -0.15) is 0 Å². The Morgan fingerprint density at radius 1 is 1.26 bits per heavy atom. The summed E-state index contributed by atoms with van der Waals surface area (Å²) in [5.74, 6) is 0.306. The van der Waals surface area contributed by atoms with Gasteiger partial charge < -0.3 is 5.32 Å². The van der Waals surface area contributed by atoms with E-state index in [1.54, 1.807) is 24.3 Å². The number of amides is 1. The molecule has 146 valence electrons. The van der Waals surface area contributed by atoms with Crippen LogP contribution in [0.5, 0.6) is 0 Å². The summed E-state index contributed by atoms with van der Waals surface area (Å²) >= 11 is 1.82. The van der Waals surface area contributed by atoms with Gasteiger partial charge in [0.05, 0.1) is 6.26 Å². The minimum absolute atomic E-state index is 0.149. The van der Waals surface area contributed by atoms with Gasteiger partial charge in [0.2, 0.25) is 10.0 Å². The number of fused-ring (bicyclic) bond motifs is 1. The largest absolute Gasteiger partial charge is 0.352 e. The summed E-state index contributed by atoms with van der Waals surface area (Å²) in [6.45, 7) is 3.81. The van der Waals surface area contributed by atoms with Gasteiger partial charge in [0.1, 0.15) is 0 Å². The smallest absolute Gasteiger partial charge is 0.251 e. The predicted molar refractivity (Wildman–Crippen MR) is 110 cm³/mol. The van der Waals surface area contributed by atoms with Gasteiger partial charge in [0, 0.05) is 41.2 Å². The van der Waals surface area contributed by atoms with Crippen molar-refractivity contribution in [3.63, 3.8) is 0 Å². The van der Waals surface area contributed by atoms with Gasteiger partial charge in [-0.25, -0.2) is 8.42 Å². The Bertz CT molecular complexity index is 907. The van der Waals surface area contributed by atoms with Gasteiger partial charge in [0.25, 0.3) is 5.91 Å². The summed E-state index contributed by atoms with van der Waals surface area (Å²) in [6.07, 6.45) is 1.98. The molecule has 2 N–H and O–H groups in total. The molecule has 0 bridgehead atoms. The summed E-state index contributed by atoms with van der Waals surface area (Å²) in [4.78, 5) is 16.2. The summed E-state index contributed by atoms with van der Waals surface area (Å²) in [6, 6.07) is 9.02. The second kappa shape index (κ2) is 8.00. The maximum Gasteiger partial charge on any atom is 0.251 e. The Labute approximate surface area is 164 Å². The van der Waals surface area contributed by atoms with E-state index < -0.39 is 10.0 Å². The Kier molecular flexibility index (Phi) is 5.88. The number of thiophene rings is 1. The summed E-state index contributed by atoms with van der Waals surface area (Å²) in [7, 11) is -1.18. The van der Waals surface area contributed by atoms with Crippen LogP contribution in [0.15, 0.2) is 35.7 Å². The first-order chi connectivity index (χ1) is 12.7. The van der Waals surface area contributed by atoms with Gasteiger partial charge in [-0.1, -0.05) is 6.92 Å². The van der Waals surface area contributed by atoms with E-state index >= 15 is 0 Å². The van der Waals surface area contributed by atoms with Crippen molar-refractivity contribution in [2.45, 2.75) is 31.8 Å². The molecule has 27 heavy (non-hydrogen) atoms. The first-order valence-corrected chi connectivity index (χ1v) is 11.6. The molecule has 2 heterocycles. The average molecular weight is 408 g/mol. The van der Waals surface area contributed by atoms with E-state index in [2.05, 4.69) is 40.4 Å². The van der Waals surface area contributed by atoms with Crippen molar-refractivity contribution in [3.8, 4) is 0 Å². The molecule has 2 atom stereocenters. The van der Waals surface area contributed by atoms with E-state index in [0.29, 0.717) is 29.8 Å². The van der Waals surface area contributed by atoms with Crippen LogP contribution in [-0.4, -0.2) is 45.1 Å². The zero-order valence-corrected chi connectivity index (χ0v) is 17.4. The minimum Gasteiger partial charge on any atom is -0.352 e. The molecule has 0 aliphatic carbocycles. The van der Waals surface area contributed by atoms with Crippen LogP contribution in [0, 0.1) is 0 Å². The lowest BCUT2D eigenvalue weighted by Crippen LogP contribution is -2.41. The molecule has 0 saturated heterocycles. The first kappa shape index (κ1) is 19.9. The van der Waals surface area contributed by atoms with Crippen molar-refractivity contribution in [1.82, 2.24) is 10.2 Å². The average Bonchev–Trinajstić information content (AvgIpc) is 3.05. The van der Waals surface area contributed by atoms with Crippen molar-refractivity contribution < 1.29 is 13.2 Å². The van der Waals surface area contributed by atoms with Crippen molar-refractivity contribution in [3.05, 3.63) is 51.7 Å². The second-order valence-electron chi connectivity index (χ2n) is 7.08. The van der Waals surface area contributed by atoms with E-state index in [1.807, 2.05) is 11.3 Å². The number of nitrogens with zero attached hydrogens (tertiary/aromatic N) is 1. The maximum absolute atomic E-state index is 12.3. The van der Waals surface area contributed by atoms with Crippen LogP contribution >= 0.6 is 11.3 Å². The summed E-state index contributed by atoms with van der Waals surface area (Å²) in [5.41, 5.74) is 2.37. The monoisotopic (exact) mass is 407 g/mol. The Balaban J connectivity index is 1.54. The molecule has 0 radical (unpaired) electrons. The number of benzene rings is 1. The van der Waals surface area contributed by atoms with Crippen LogP contribution in [0.4, 0.5) is 5.69 Å². The molecule has 2 aromatic rings. The fourth-order valence-electron chi connectivity index (χ4n) is 3.63. The molecule has 8 heteroatoms. The highest BCUT2D eigenvalue weighted by atomic mass is 32.2. The fraction of sp³-hybridized carbons (Fsp3) is 0.421. The van der Waals surface area contributed by atoms with E-state index in [1.165, 1.54) is 10.4 Å². The molecule has 1 aliphatic rings. The van der Waals surface area contributed by atoms with Crippen molar-refractivity contribution in [2.24, 2.45) is 0 Å². The molecule has 0 saturated carbocycles. The molecular weight excluding hydrogens is 382 g/mol. The molecular formula is C19H25N3O3S2. The molecule has 6 nitrogen and oxygen atoms in total. The van der Waals surface area contributed by atoms with E-state index in [-0.39, 0.29) is 5.91 Å².